The molecule has 1 saturated carbocycles. The van der Waals surface area contributed by atoms with Crippen LogP contribution in [-0.2, 0) is 16.1 Å². The zero-order valence-corrected chi connectivity index (χ0v) is 15.7. The minimum absolute atomic E-state index is 0.146. The maximum Gasteiger partial charge on any atom is 0.255 e. The van der Waals surface area contributed by atoms with Gasteiger partial charge in [0, 0.05) is 18.5 Å². The van der Waals surface area contributed by atoms with Crippen molar-refractivity contribution in [2.45, 2.75) is 58.0 Å². The number of carbonyl (C=O) groups excluding carboxylic acids is 3. The predicted octanol–water partition coefficient (Wildman–Crippen LogP) is 2.65. The third-order valence-electron chi connectivity index (χ3n) is 6.12. The first kappa shape index (κ1) is 18.0. The van der Waals surface area contributed by atoms with Crippen LogP contribution in [0.4, 0.5) is 0 Å². The summed E-state index contributed by atoms with van der Waals surface area (Å²) < 4.78 is 6.00. The number of amides is 3. The van der Waals surface area contributed by atoms with Crippen LogP contribution in [0.1, 0.15) is 61.4 Å². The molecule has 2 aliphatic heterocycles. The van der Waals surface area contributed by atoms with Crippen LogP contribution in [-0.4, -0.2) is 35.3 Å². The van der Waals surface area contributed by atoms with Gasteiger partial charge in [-0.05, 0) is 54.9 Å². The first-order valence-corrected chi connectivity index (χ1v) is 9.91. The highest BCUT2D eigenvalue weighted by Gasteiger charge is 2.39. The molecule has 0 aromatic heterocycles. The second-order valence-electron chi connectivity index (χ2n) is 8.16. The fourth-order valence-electron chi connectivity index (χ4n) is 4.35. The van der Waals surface area contributed by atoms with Gasteiger partial charge in [-0.25, -0.2) is 0 Å². The van der Waals surface area contributed by atoms with E-state index in [-0.39, 0.29) is 24.1 Å². The summed E-state index contributed by atoms with van der Waals surface area (Å²) in [6.45, 7) is 3.41. The van der Waals surface area contributed by atoms with Crippen molar-refractivity contribution in [2.24, 2.45) is 11.8 Å². The summed E-state index contributed by atoms with van der Waals surface area (Å²) in [6.07, 6.45) is 5.63. The van der Waals surface area contributed by atoms with E-state index in [1.165, 1.54) is 25.7 Å². The summed E-state index contributed by atoms with van der Waals surface area (Å²) in [5.74, 6) is 1.42. The van der Waals surface area contributed by atoms with Crippen molar-refractivity contribution in [3.8, 4) is 5.75 Å². The van der Waals surface area contributed by atoms with Gasteiger partial charge >= 0.3 is 0 Å². The minimum Gasteiger partial charge on any atom is -0.493 e. The highest BCUT2D eigenvalue weighted by molar-refractivity contribution is 6.05. The molecule has 1 aromatic carbocycles. The first-order valence-electron chi connectivity index (χ1n) is 9.91. The molecule has 1 saturated heterocycles. The fourth-order valence-corrected chi connectivity index (χ4v) is 4.35. The molecular formula is C21H26N2O4. The van der Waals surface area contributed by atoms with Crippen LogP contribution in [0.5, 0.6) is 5.75 Å². The zero-order chi connectivity index (χ0) is 19.0. The van der Waals surface area contributed by atoms with Crippen molar-refractivity contribution >= 4 is 17.7 Å². The number of hydrogen-bond acceptors (Lipinski definition) is 4. The van der Waals surface area contributed by atoms with Gasteiger partial charge in [0.2, 0.25) is 11.8 Å². The molecule has 0 bridgehead atoms. The Hall–Kier alpha value is -2.37. The number of ether oxygens (including phenoxy) is 1. The molecule has 1 N–H and O–H groups in total. The monoisotopic (exact) mass is 370 g/mol. The van der Waals surface area contributed by atoms with Gasteiger partial charge in [-0.15, -0.1) is 0 Å². The lowest BCUT2D eigenvalue weighted by atomic mass is 9.83. The summed E-state index contributed by atoms with van der Waals surface area (Å²) in [6, 6.07) is 4.99. The van der Waals surface area contributed by atoms with Crippen LogP contribution in [0.15, 0.2) is 18.2 Å². The lowest BCUT2D eigenvalue weighted by molar-refractivity contribution is -0.136. The minimum atomic E-state index is -0.573. The molecule has 3 amide bonds. The Morgan fingerprint density at radius 3 is 2.63 bits per heavy atom. The van der Waals surface area contributed by atoms with E-state index in [2.05, 4.69) is 12.2 Å². The summed E-state index contributed by atoms with van der Waals surface area (Å²) in [4.78, 5) is 37.7. The maximum atomic E-state index is 12.7. The molecule has 1 atom stereocenters. The summed E-state index contributed by atoms with van der Waals surface area (Å²) >= 11 is 0. The molecule has 4 rings (SSSR count). The van der Waals surface area contributed by atoms with Crippen LogP contribution in [0, 0.1) is 11.8 Å². The highest BCUT2D eigenvalue weighted by Crippen LogP contribution is 2.32. The quantitative estimate of drug-likeness (QED) is 0.827. The summed E-state index contributed by atoms with van der Waals surface area (Å²) in [5, 5.41) is 2.33. The number of rotatable bonds is 4. The standard InChI is InChI=1S/C21H26N2O4/c1-13-2-4-14(5-3-13)12-27-16-6-7-17-15(10-16)11-23(21(17)26)18-8-9-19(24)22-20(18)25/h6-7,10,13-14,18H,2-5,8-9,11-12H2,1H3,(H,22,24,25). The van der Waals surface area contributed by atoms with Crippen LogP contribution in [0.2, 0.25) is 0 Å². The Kier molecular flexibility index (Phi) is 4.89. The normalized spacial score (nSPS) is 28.1. The van der Waals surface area contributed by atoms with Gasteiger partial charge in [0.05, 0.1) is 6.61 Å². The van der Waals surface area contributed by atoms with Gasteiger partial charge in [-0.1, -0.05) is 19.8 Å². The Labute approximate surface area is 159 Å². The topological polar surface area (TPSA) is 75.7 Å². The van der Waals surface area contributed by atoms with E-state index in [1.807, 2.05) is 12.1 Å². The van der Waals surface area contributed by atoms with Gasteiger partial charge in [0.15, 0.2) is 0 Å². The maximum absolute atomic E-state index is 12.7. The molecule has 6 nitrogen and oxygen atoms in total. The molecule has 1 aromatic rings. The van der Waals surface area contributed by atoms with Gasteiger partial charge in [0.25, 0.3) is 5.91 Å². The van der Waals surface area contributed by atoms with Crippen LogP contribution < -0.4 is 10.1 Å². The molecular weight excluding hydrogens is 344 g/mol. The van der Waals surface area contributed by atoms with Gasteiger partial charge < -0.3 is 9.64 Å². The van der Waals surface area contributed by atoms with E-state index in [4.69, 9.17) is 4.74 Å². The van der Waals surface area contributed by atoms with Crippen molar-refractivity contribution in [2.75, 3.05) is 6.61 Å². The zero-order valence-electron chi connectivity index (χ0n) is 15.7. The average molecular weight is 370 g/mol. The van der Waals surface area contributed by atoms with E-state index < -0.39 is 6.04 Å². The number of piperidine rings is 1. The number of benzene rings is 1. The molecule has 144 valence electrons. The van der Waals surface area contributed by atoms with Crippen molar-refractivity contribution < 1.29 is 19.1 Å². The Morgan fingerprint density at radius 1 is 1.11 bits per heavy atom. The second-order valence-corrected chi connectivity index (χ2v) is 8.16. The SMILES string of the molecule is CC1CCC(COc2ccc3c(c2)CN(C2CCC(=O)NC2=O)C3=O)CC1. The molecule has 6 heteroatoms. The highest BCUT2D eigenvalue weighted by atomic mass is 16.5. The number of nitrogens with one attached hydrogen (secondary N) is 1. The van der Waals surface area contributed by atoms with Crippen molar-refractivity contribution in [1.29, 1.82) is 0 Å². The van der Waals surface area contributed by atoms with E-state index in [1.54, 1.807) is 11.0 Å². The van der Waals surface area contributed by atoms with E-state index in [0.717, 1.165) is 23.8 Å². The number of fused-ring (bicyclic) bond motifs is 1. The van der Waals surface area contributed by atoms with Crippen LogP contribution in [0.25, 0.3) is 0 Å². The smallest absolute Gasteiger partial charge is 0.255 e. The predicted molar refractivity (Wildman–Crippen MR) is 99.1 cm³/mol. The summed E-state index contributed by atoms with van der Waals surface area (Å²) in [5.41, 5.74) is 1.51. The molecule has 0 radical (unpaired) electrons. The number of carbonyl (C=O) groups is 3. The fraction of sp³-hybridized carbons (Fsp3) is 0.571. The number of nitrogens with zero attached hydrogens (tertiary/aromatic N) is 1. The van der Waals surface area contributed by atoms with Gasteiger partial charge in [-0.2, -0.15) is 0 Å². The molecule has 2 fully saturated rings. The third kappa shape index (κ3) is 3.70. The largest absolute Gasteiger partial charge is 0.493 e. The van der Waals surface area contributed by atoms with E-state index >= 15 is 0 Å². The lowest BCUT2D eigenvalue weighted by Gasteiger charge is -2.29. The molecule has 1 unspecified atom stereocenters. The van der Waals surface area contributed by atoms with E-state index in [0.29, 0.717) is 24.4 Å². The van der Waals surface area contributed by atoms with Crippen LogP contribution in [0.3, 0.4) is 0 Å². The molecule has 3 aliphatic rings. The molecule has 1 aliphatic carbocycles. The van der Waals surface area contributed by atoms with Gasteiger partial charge in [0.1, 0.15) is 11.8 Å². The van der Waals surface area contributed by atoms with Crippen molar-refractivity contribution in [1.82, 2.24) is 10.2 Å². The Morgan fingerprint density at radius 2 is 1.89 bits per heavy atom. The molecule has 27 heavy (non-hydrogen) atoms. The average Bonchev–Trinajstić information content (AvgIpc) is 2.97. The lowest BCUT2D eigenvalue weighted by Crippen LogP contribution is -2.52. The third-order valence-corrected chi connectivity index (χ3v) is 6.12. The Bertz CT molecular complexity index is 767. The molecule has 2 heterocycles. The number of hydrogen-bond donors (Lipinski definition) is 1. The second kappa shape index (κ2) is 7.33. The summed E-state index contributed by atoms with van der Waals surface area (Å²) in [7, 11) is 0. The van der Waals surface area contributed by atoms with Crippen LogP contribution >= 0.6 is 0 Å². The van der Waals surface area contributed by atoms with Crippen molar-refractivity contribution in [3.63, 3.8) is 0 Å². The Balaban J connectivity index is 1.40. The van der Waals surface area contributed by atoms with Crippen molar-refractivity contribution in [3.05, 3.63) is 29.3 Å². The number of imide groups is 1. The van der Waals surface area contributed by atoms with Gasteiger partial charge in [-0.3, -0.25) is 19.7 Å². The first-order chi connectivity index (χ1) is 13.0. The van der Waals surface area contributed by atoms with E-state index in [9.17, 15) is 14.4 Å². The molecule has 0 spiro atoms.